The van der Waals surface area contributed by atoms with Crippen LogP contribution in [0.2, 0.25) is 5.02 Å². The highest BCUT2D eigenvalue weighted by Crippen LogP contribution is 2.13. The summed E-state index contributed by atoms with van der Waals surface area (Å²) in [6.45, 7) is 0. The molecule has 0 radical (unpaired) electrons. The maximum absolute atomic E-state index is 11.8. The molecular formula is C17H14ClN3O2S. The molecule has 0 aliphatic heterocycles. The number of nitrogens with one attached hydrogen (secondary N) is 1. The summed E-state index contributed by atoms with van der Waals surface area (Å²) < 4.78 is 5.20. The van der Waals surface area contributed by atoms with Crippen LogP contribution in [0.4, 0.5) is 0 Å². The molecule has 2 aromatic rings. The molecule has 0 unspecified atom stereocenters. The zero-order valence-electron chi connectivity index (χ0n) is 12.5. The van der Waals surface area contributed by atoms with Crippen molar-refractivity contribution in [2.45, 2.75) is 0 Å². The maximum atomic E-state index is 11.8. The Balaban J connectivity index is 1.90. The molecule has 0 heterocycles. The Morgan fingerprint density at radius 3 is 2.38 bits per heavy atom. The molecule has 0 bridgehead atoms. The monoisotopic (exact) mass is 359 g/mol. The highest BCUT2D eigenvalue weighted by molar-refractivity contribution is 7.80. The first-order valence-corrected chi connectivity index (χ1v) is 7.65. The Morgan fingerprint density at radius 2 is 1.75 bits per heavy atom. The van der Waals surface area contributed by atoms with Gasteiger partial charge in [0, 0.05) is 11.1 Å². The molecule has 7 heteroatoms. The van der Waals surface area contributed by atoms with Gasteiger partial charge in [0.2, 0.25) is 0 Å². The van der Waals surface area contributed by atoms with Crippen molar-refractivity contribution in [3.05, 3.63) is 70.8 Å². The van der Waals surface area contributed by atoms with E-state index in [1.807, 2.05) is 0 Å². The van der Waals surface area contributed by atoms with Crippen molar-refractivity contribution in [3.8, 4) is 5.75 Å². The second kappa shape index (κ2) is 8.81. The minimum atomic E-state index is -0.471. The molecule has 0 aromatic heterocycles. The molecule has 2 aromatic carbocycles. The molecule has 0 saturated heterocycles. The minimum Gasteiger partial charge on any atom is -0.423 e. The van der Waals surface area contributed by atoms with Crippen LogP contribution in [0.15, 0.2) is 59.7 Å². The molecule has 0 fully saturated rings. The van der Waals surface area contributed by atoms with E-state index < -0.39 is 5.97 Å². The molecule has 0 aliphatic rings. The van der Waals surface area contributed by atoms with Crippen LogP contribution < -0.4 is 15.9 Å². The summed E-state index contributed by atoms with van der Waals surface area (Å²) in [4.78, 5) is 11.8. The molecule has 0 aliphatic carbocycles. The van der Waals surface area contributed by atoms with E-state index in [0.717, 1.165) is 11.1 Å². The van der Waals surface area contributed by atoms with E-state index in [1.165, 1.54) is 6.08 Å². The van der Waals surface area contributed by atoms with Gasteiger partial charge in [-0.15, -0.1) is 0 Å². The summed E-state index contributed by atoms with van der Waals surface area (Å²) in [5.74, 6) is -0.0401. The average molecular weight is 360 g/mol. The molecular weight excluding hydrogens is 346 g/mol. The Hall–Kier alpha value is -2.70. The van der Waals surface area contributed by atoms with Gasteiger partial charge in [0.1, 0.15) is 5.75 Å². The lowest BCUT2D eigenvalue weighted by Gasteiger charge is -2.01. The maximum Gasteiger partial charge on any atom is 0.336 e. The van der Waals surface area contributed by atoms with Gasteiger partial charge in [-0.2, -0.15) is 5.10 Å². The number of ether oxygens (including phenoxy) is 1. The number of nitrogens with two attached hydrogens (primary N) is 1. The van der Waals surface area contributed by atoms with E-state index in [0.29, 0.717) is 10.8 Å². The van der Waals surface area contributed by atoms with Crippen LogP contribution in [0.5, 0.6) is 5.75 Å². The summed E-state index contributed by atoms with van der Waals surface area (Å²) >= 11 is 10.4. The minimum absolute atomic E-state index is 0.0873. The highest BCUT2D eigenvalue weighted by atomic mass is 35.5. The summed E-state index contributed by atoms with van der Waals surface area (Å²) in [6.07, 6.45) is 4.55. The van der Waals surface area contributed by atoms with Crippen LogP contribution in [0.25, 0.3) is 6.08 Å². The molecule has 3 N–H and O–H groups in total. The number of nitrogens with zero attached hydrogens (tertiary/aromatic N) is 1. The number of carbonyl (C=O) groups is 1. The SMILES string of the molecule is NC(=S)N/N=C\c1ccc(OC(=O)/C=C/c2ccc(Cl)cc2)cc1. The van der Waals surface area contributed by atoms with E-state index in [-0.39, 0.29) is 5.11 Å². The number of hydrazone groups is 1. The van der Waals surface area contributed by atoms with E-state index in [4.69, 9.17) is 22.1 Å². The Kier molecular flexibility index (Phi) is 6.48. The predicted molar refractivity (Wildman–Crippen MR) is 100 cm³/mol. The third-order valence-electron chi connectivity index (χ3n) is 2.77. The largest absolute Gasteiger partial charge is 0.423 e. The van der Waals surface area contributed by atoms with Crippen LogP contribution in [0, 0.1) is 0 Å². The average Bonchev–Trinajstić information content (AvgIpc) is 2.56. The van der Waals surface area contributed by atoms with Crippen molar-refractivity contribution in [3.63, 3.8) is 0 Å². The van der Waals surface area contributed by atoms with Gasteiger partial charge in [-0.25, -0.2) is 4.79 Å². The van der Waals surface area contributed by atoms with Crippen LogP contribution in [0.3, 0.4) is 0 Å². The molecule has 0 spiro atoms. The van der Waals surface area contributed by atoms with Gasteiger partial charge in [-0.3, -0.25) is 5.43 Å². The molecule has 0 amide bonds. The fraction of sp³-hybridized carbons (Fsp3) is 0. The highest BCUT2D eigenvalue weighted by Gasteiger charge is 2.00. The number of rotatable bonds is 5. The molecule has 5 nitrogen and oxygen atoms in total. The summed E-state index contributed by atoms with van der Waals surface area (Å²) in [6, 6.07) is 13.9. The molecule has 0 atom stereocenters. The molecule has 2 rings (SSSR count). The number of benzene rings is 2. The van der Waals surface area contributed by atoms with Gasteiger partial charge in [0.05, 0.1) is 6.21 Å². The van der Waals surface area contributed by atoms with E-state index in [9.17, 15) is 4.79 Å². The van der Waals surface area contributed by atoms with Crippen LogP contribution in [0.1, 0.15) is 11.1 Å². The number of thiocarbonyl (C=S) groups is 1. The normalized spacial score (nSPS) is 10.9. The first-order valence-electron chi connectivity index (χ1n) is 6.87. The van der Waals surface area contributed by atoms with Crippen molar-refractivity contribution >= 4 is 47.2 Å². The van der Waals surface area contributed by atoms with Gasteiger partial charge in [0.15, 0.2) is 5.11 Å². The molecule has 0 saturated carbocycles. The van der Waals surface area contributed by atoms with E-state index >= 15 is 0 Å². The summed E-state index contributed by atoms with van der Waals surface area (Å²) in [5, 5.41) is 4.56. The van der Waals surface area contributed by atoms with E-state index in [2.05, 4.69) is 22.7 Å². The Labute approximate surface area is 149 Å². The van der Waals surface area contributed by atoms with Crippen molar-refractivity contribution in [1.29, 1.82) is 0 Å². The number of hydrogen-bond donors (Lipinski definition) is 2. The fourth-order valence-electron chi connectivity index (χ4n) is 1.68. The third kappa shape index (κ3) is 6.20. The van der Waals surface area contributed by atoms with Crippen LogP contribution in [-0.2, 0) is 4.79 Å². The number of halogens is 1. The van der Waals surface area contributed by atoms with Crippen LogP contribution >= 0.6 is 23.8 Å². The lowest BCUT2D eigenvalue weighted by atomic mass is 10.2. The quantitative estimate of drug-likeness (QED) is 0.214. The molecule has 24 heavy (non-hydrogen) atoms. The van der Waals surface area contributed by atoms with Gasteiger partial charge in [0.25, 0.3) is 0 Å². The zero-order valence-corrected chi connectivity index (χ0v) is 14.1. The zero-order chi connectivity index (χ0) is 17.4. The predicted octanol–water partition coefficient (Wildman–Crippen LogP) is 3.13. The van der Waals surface area contributed by atoms with Gasteiger partial charge < -0.3 is 10.5 Å². The second-order valence-corrected chi connectivity index (χ2v) is 5.49. The van der Waals surface area contributed by atoms with Crippen molar-refractivity contribution < 1.29 is 9.53 Å². The second-order valence-electron chi connectivity index (χ2n) is 4.61. The lowest BCUT2D eigenvalue weighted by Crippen LogP contribution is -2.23. The fourth-order valence-corrected chi connectivity index (χ4v) is 1.86. The number of hydrogen-bond acceptors (Lipinski definition) is 4. The Bertz CT molecular complexity index is 771. The third-order valence-corrected chi connectivity index (χ3v) is 3.11. The standard InChI is InChI=1S/C17H14ClN3O2S/c18-14-6-1-12(2-7-14)5-10-16(22)23-15-8-3-13(4-9-15)11-20-21-17(19)24/h1-11H,(H3,19,21,24)/b10-5+,20-11-. The first kappa shape index (κ1) is 17.7. The van der Waals surface area contributed by atoms with Gasteiger partial charge >= 0.3 is 5.97 Å². The number of esters is 1. The van der Waals surface area contributed by atoms with Crippen LogP contribution in [-0.4, -0.2) is 17.3 Å². The number of carbonyl (C=O) groups excluding carboxylic acids is 1. The molecule has 122 valence electrons. The smallest absolute Gasteiger partial charge is 0.336 e. The van der Waals surface area contributed by atoms with Crippen molar-refractivity contribution in [2.24, 2.45) is 10.8 Å². The first-order chi connectivity index (χ1) is 11.5. The van der Waals surface area contributed by atoms with Gasteiger partial charge in [-0.05, 0) is 65.8 Å². The van der Waals surface area contributed by atoms with Crippen molar-refractivity contribution in [1.82, 2.24) is 5.43 Å². The Morgan fingerprint density at radius 1 is 1.12 bits per heavy atom. The van der Waals surface area contributed by atoms with Crippen molar-refractivity contribution in [2.75, 3.05) is 0 Å². The topological polar surface area (TPSA) is 76.7 Å². The summed E-state index contributed by atoms with van der Waals surface area (Å²) in [7, 11) is 0. The van der Waals surface area contributed by atoms with Gasteiger partial charge in [-0.1, -0.05) is 23.7 Å². The lowest BCUT2D eigenvalue weighted by molar-refractivity contribution is -0.128. The summed E-state index contributed by atoms with van der Waals surface area (Å²) in [5.41, 5.74) is 9.36. The van der Waals surface area contributed by atoms with E-state index in [1.54, 1.807) is 60.8 Å².